The van der Waals surface area contributed by atoms with E-state index in [2.05, 4.69) is 10.4 Å². The molecule has 4 rings (SSSR count). The summed E-state index contributed by atoms with van der Waals surface area (Å²) in [6.45, 7) is -0.0881. The topological polar surface area (TPSA) is 104 Å². The summed E-state index contributed by atoms with van der Waals surface area (Å²) in [6, 6.07) is 7.41. The van der Waals surface area contributed by atoms with Gasteiger partial charge in [0, 0.05) is 11.8 Å². The van der Waals surface area contributed by atoms with E-state index in [1.54, 1.807) is 12.1 Å². The van der Waals surface area contributed by atoms with Crippen LogP contribution < -0.4 is 5.32 Å². The van der Waals surface area contributed by atoms with Crippen molar-refractivity contribution in [2.24, 2.45) is 11.8 Å². The van der Waals surface area contributed by atoms with E-state index in [9.17, 15) is 27.9 Å². The van der Waals surface area contributed by atoms with Crippen molar-refractivity contribution in [1.82, 2.24) is 15.1 Å². The van der Waals surface area contributed by atoms with E-state index in [4.69, 9.17) is 16.7 Å². The normalized spacial score (nSPS) is 19.1. The van der Waals surface area contributed by atoms with E-state index < -0.39 is 29.7 Å². The van der Waals surface area contributed by atoms with Gasteiger partial charge in [-0.2, -0.15) is 18.3 Å². The number of amides is 1. The van der Waals surface area contributed by atoms with Crippen LogP contribution in [0, 0.1) is 11.8 Å². The number of aliphatic hydroxyl groups is 1. The number of carboxylic acid groups (broad SMARTS) is 1. The number of rotatable bonds is 8. The Labute approximate surface area is 216 Å². The Balaban J connectivity index is 1.50. The zero-order valence-corrected chi connectivity index (χ0v) is 20.6. The zero-order valence-electron chi connectivity index (χ0n) is 19.8. The van der Waals surface area contributed by atoms with Gasteiger partial charge in [0.25, 0.3) is 5.91 Å². The minimum absolute atomic E-state index is 0.0316. The Bertz CT molecular complexity index is 1270. The SMILES string of the molecule is O=C(O)CC1CCC(C(CO)NC(=O)c2ccc(Cl)c3c2cnn3Cc2ccc(C(F)(F)F)cc2)CC1. The number of carbonyl (C=O) groups is 2. The molecule has 37 heavy (non-hydrogen) atoms. The lowest BCUT2D eigenvalue weighted by atomic mass is 9.77. The minimum Gasteiger partial charge on any atom is -0.481 e. The van der Waals surface area contributed by atoms with Gasteiger partial charge in [-0.3, -0.25) is 14.3 Å². The lowest BCUT2D eigenvalue weighted by Crippen LogP contribution is -2.44. The molecule has 1 atom stereocenters. The number of aliphatic hydroxyl groups excluding tert-OH is 1. The lowest BCUT2D eigenvalue weighted by molar-refractivity contribution is -0.139. The third-order valence-corrected chi connectivity index (χ3v) is 7.35. The average Bonchev–Trinajstić information content (AvgIpc) is 3.27. The molecule has 0 saturated heterocycles. The molecule has 0 aliphatic heterocycles. The van der Waals surface area contributed by atoms with E-state index in [0.29, 0.717) is 39.9 Å². The van der Waals surface area contributed by atoms with Crippen molar-refractivity contribution >= 4 is 34.4 Å². The fourth-order valence-electron chi connectivity index (χ4n) is 5.05. The molecule has 2 aromatic carbocycles. The molecule has 1 fully saturated rings. The summed E-state index contributed by atoms with van der Waals surface area (Å²) in [6.07, 6.45) is 0.0751. The van der Waals surface area contributed by atoms with Gasteiger partial charge in [0.05, 0.1) is 47.1 Å². The molecule has 1 aliphatic carbocycles. The number of alkyl halides is 3. The largest absolute Gasteiger partial charge is 0.481 e. The van der Waals surface area contributed by atoms with Crippen LogP contribution in [0.3, 0.4) is 0 Å². The predicted molar refractivity (Wildman–Crippen MR) is 131 cm³/mol. The van der Waals surface area contributed by atoms with Crippen LogP contribution in [0.1, 0.15) is 53.6 Å². The minimum atomic E-state index is -4.42. The number of carbonyl (C=O) groups excluding carboxylic acids is 1. The van der Waals surface area contributed by atoms with Crippen LogP contribution in [0.4, 0.5) is 13.2 Å². The van der Waals surface area contributed by atoms with Crippen molar-refractivity contribution in [3.8, 4) is 0 Å². The van der Waals surface area contributed by atoms with Crippen LogP contribution >= 0.6 is 11.6 Å². The summed E-state index contributed by atoms with van der Waals surface area (Å²) in [5.74, 6) is -1.08. The monoisotopic (exact) mass is 537 g/mol. The number of aromatic nitrogens is 2. The van der Waals surface area contributed by atoms with E-state index in [-0.39, 0.29) is 31.4 Å². The lowest BCUT2D eigenvalue weighted by Gasteiger charge is -2.33. The summed E-state index contributed by atoms with van der Waals surface area (Å²) < 4.78 is 40.1. The quantitative estimate of drug-likeness (QED) is 0.369. The molecular formula is C26H27ClF3N3O4. The van der Waals surface area contributed by atoms with Crippen LogP contribution in [-0.4, -0.2) is 44.5 Å². The van der Waals surface area contributed by atoms with Gasteiger partial charge >= 0.3 is 12.1 Å². The molecule has 3 aromatic rings. The van der Waals surface area contributed by atoms with Crippen molar-refractivity contribution in [2.75, 3.05) is 6.61 Å². The first-order valence-corrected chi connectivity index (χ1v) is 12.4. The standard InChI is InChI=1S/C26H27ClF3N3O4/c27-21-10-9-19(25(37)32-22(14-34)17-5-1-15(2-6-17)11-23(35)36)20-12-31-33(24(20)21)13-16-3-7-18(8-4-16)26(28,29)30/h3-4,7-10,12,15,17,22,34H,1-2,5-6,11,13-14H2,(H,32,37)(H,35,36). The second kappa shape index (κ2) is 11.1. The molecule has 11 heteroatoms. The highest BCUT2D eigenvalue weighted by molar-refractivity contribution is 6.35. The molecule has 1 saturated carbocycles. The van der Waals surface area contributed by atoms with Crippen LogP contribution in [0.5, 0.6) is 0 Å². The van der Waals surface area contributed by atoms with E-state index in [1.165, 1.54) is 23.0 Å². The van der Waals surface area contributed by atoms with Gasteiger partial charge in [0.2, 0.25) is 0 Å². The summed E-state index contributed by atoms with van der Waals surface area (Å²) >= 11 is 6.41. The van der Waals surface area contributed by atoms with Gasteiger partial charge in [-0.1, -0.05) is 23.7 Å². The Kier molecular flexibility index (Phi) is 8.08. The molecule has 0 bridgehead atoms. The highest BCUT2D eigenvalue weighted by atomic mass is 35.5. The number of hydrogen-bond acceptors (Lipinski definition) is 4. The van der Waals surface area contributed by atoms with Gasteiger partial charge in [-0.25, -0.2) is 0 Å². The summed E-state index contributed by atoms with van der Waals surface area (Å²) in [4.78, 5) is 24.2. The van der Waals surface area contributed by atoms with Crippen LogP contribution in [0.15, 0.2) is 42.6 Å². The number of benzene rings is 2. The van der Waals surface area contributed by atoms with Crippen molar-refractivity contribution in [2.45, 2.75) is 50.9 Å². The van der Waals surface area contributed by atoms with Gasteiger partial charge in [-0.05, 0) is 67.3 Å². The van der Waals surface area contributed by atoms with Crippen LogP contribution in [-0.2, 0) is 17.5 Å². The fourth-order valence-corrected chi connectivity index (χ4v) is 5.31. The molecule has 0 spiro atoms. The first kappa shape index (κ1) is 26.9. The first-order chi connectivity index (χ1) is 17.6. The van der Waals surface area contributed by atoms with Crippen LogP contribution in [0.25, 0.3) is 10.9 Å². The maximum absolute atomic E-state index is 13.2. The molecule has 0 radical (unpaired) electrons. The first-order valence-electron chi connectivity index (χ1n) is 12.0. The predicted octanol–water partition coefficient (Wildman–Crippen LogP) is 5.13. The average molecular weight is 538 g/mol. The zero-order chi connectivity index (χ0) is 26.7. The van der Waals surface area contributed by atoms with Gasteiger partial charge in [0.1, 0.15) is 0 Å². The Morgan fingerprint density at radius 3 is 2.38 bits per heavy atom. The number of aliphatic carboxylic acids is 1. The van der Waals surface area contributed by atoms with Crippen molar-refractivity contribution in [1.29, 1.82) is 0 Å². The number of nitrogens with one attached hydrogen (secondary N) is 1. The third-order valence-electron chi connectivity index (χ3n) is 7.05. The third kappa shape index (κ3) is 6.24. The molecule has 3 N–H and O–H groups in total. The molecule has 1 aliphatic rings. The van der Waals surface area contributed by atoms with Crippen LogP contribution in [0.2, 0.25) is 5.02 Å². The van der Waals surface area contributed by atoms with Crippen molar-refractivity contribution in [3.63, 3.8) is 0 Å². The van der Waals surface area contributed by atoms with E-state index in [1.807, 2.05) is 0 Å². The van der Waals surface area contributed by atoms with E-state index in [0.717, 1.165) is 25.0 Å². The highest BCUT2D eigenvalue weighted by Gasteiger charge is 2.31. The second-order valence-electron chi connectivity index (χ2n) is 9.50. The molecular weight excluding hydrogens is 511 g/mol. The maximum atomic E-state index is 13.2. The van der Waals surface area contributed by atoms with Crippen molar-refractivity contribution in [3.05, 3.63) is 64.3 Å². The Morgan fingerprint density at radius 1 is 1.11 bits per heavy atom. The number of carboxylic acids is 1. The summed E-state index contributed by atoms with van der Waals surface area (Å²) in [5, 5.41) is 27.0. The number of halogens is 4. The summed E-state index contributed by atoms with van der Waals surface area (Å²) in [5.41, 5.74) is 0.634. The Hall–Kier alpha value is -3.11. The van der Waals surface area contributed by atoms with Crippen molar-refractivity contribution < 1.29 is 33.0 Å². The van der Waals surface area contributed by atoms with Gasteiger partial charge in [-0.15, -0.1) is 0 Å². The Morgan fingerprint density at radius 2 is 1.78 bits per heavy atom. The highest BCUT2D eigenvalue weighted by Crippen LogP contribution is 2.34. The van der Waals surface area contributed by atoms with Gasteiger partial charge in [0.15, 0.2) is 0 Å². The number of fused-ring (bicyclic) bond motifs is 1. The summed E-state index contributed by atoms with van der Waals surface area (Å²) in [7, 11) is 0. The number of nitrogens with zero attached hydrogens (tertiary/aromatic N) is 2. The molecule has 1 heterocycles. The number of hydrogen-bond donors (Lipinski definition) is 3. The molecule has 1 aromatic heterocycles. The smallest absolute Gasteiger partial charge is 0.416 e. The second-order valence-corrected chi connectivity index (χ2v) is 9.90. The molecule has 198 valence electrons. The maximum Gasteiger partial charge on any atom is 0.416 e. The van der Waals surface area contributed by atoms with E-state index >= 15 is 0 Å². The molecule has 1 amide bonds. The molecule has 1 unspecified atom stereocenters. The van der Waals surface area contributed by atoms with Gasteiger partial charge < -0.3 is 15.5 Å². The fraction of sp³-hybridized carbons (Fsp3) is 0.423. The molecule has 7 nitrogen and oxygen atoms in total.